The van der Waals surface area contributed by atoms with Gasteiger partial charge in [-0.25, -0.2) is 13.1 Å². The van der Waals surface area contributed by atoms with Gasteiger partial charge in [-0.2, -0.15) is 0 Å². The fourth-order valence-corrected chi connectivity index (χ4v) is 3.43. The number of benzene rings is 2. The van der Waals surface area contributed by atoms with Crippen molar-refractivity contribution in [1.82, 2.24) is 15.4 Å². The minimum atomic E-state index is -3.18. The van der Waals surface area contributed by atoms with E-state index < -0.39 is 10.0 Å². The summed E-state index contributed by atoms with van der Waals surface area (Å²) in [6.07, 6.45) is 1.97. The van der Waals surface area contributed by atoms with Crippen LogP contribution in [-0.4, -0.2) is 33.2 Å². The maximum atomic E-state index is 12.1. The van der Waals surface area contributed by atoms with E-state index in [0.717, 1.165) is 34.9 Å². The van der Waals surface area contributed by atoms with Crippen LogP contribution in [0.5, 0.6) is 0 Å². The van der Waals surface area contributed by atoms with Crippen molar-refractivity contribution >= 4 is 15.9 Å². The number of hydrogen-bond donors (Lipinski definition) is 3. The molecule has 0 saturated carbocycles. The zero-order chi connectivity index (χ0) is 18.6. The van der Waals surface area contributed by atoms with Crippen LogP contribution in [0.25, 0.3) is 0 Å². The molecule has 0 spiro atoms. The lowest BCUT2D eigenvalue weighted by molar-refractivity contribution is 0.0924. The summed E-state index contributed by atoms with van der Waals surface area (Å²) < 4.78 is 24.7. The highest BCUT2D eigenvalue weighted by atomic mass is 32.2. The predicted octanol–water partition coefficient (Wildman–Crippen LogP) is 1.18. The quantitative estimate of drug-likeness (QED) is 0.680. The second kappa shape index (κ2) is 7.99. The number of hydrogen-bond acceptors (Lipinski definition) is 4. The van der Waals surface area contributed by atoms with Gasteiger partial charge in [0.25, 0.3) is 5.91 Å². The van der Waals surface area contributed by atoms with Gasteiger partial charge in [0.2, 0.25) is 10.0 Å². The third-order valence-corrected chi connectivity index (χ3v) is 5.01. The molecule has 0 fully saturated rings. The summed E-state index contributed by atoms with van der Waals surface area (Å²) in [5.74, 6) is -0.0126. The highest BCUT2D eigenvalue weighted by Crippen LogP contribution is 2.16. The van der Waals surface area contributed by atoms with Gasteiger partial charge in [0.15, 0.2) is 0 Å². The zero-order valence-corrected chi connectivity index (χ0v) is 15.5. The highest BCUT2D eigenvalue weighted by Gasteiger charge is 2.23. The molecule has 6 nitrogen and oxygen atoms in total. The molecule has 2 aromatic rings. The van der Waals surface area contributed by atoms with Crippen molar-refractivity contribution in [2.24, 2.45) is 0 Å². The number of sulfonamides is 1. The SMILES string of the molecule is CS(=O)(=O)NCc1ccc(CNCC2Cc3ccccc3C(=O)N2)cc1. The Kier molecular flexibility index (Phi) is 5.70. The topological polar surface area (TPSA) is 87.3 Å². The summed E-state index contributed by atoms with van der Waals surface area (Å²) in [6, 6.07) is 15.5. The molecule has 1 atom stereocenters. The van der Waals surface area contributed by atoms with Crippen LogP contribution in [0, 0.1) is 0 Å². The van der Waals surface area contributed by atoms with E-state index in [-0.39, 0.29) is 11.9 Å². The summed E-state index contributed by atoms with van der Waals surface area (Å²) in [7, 11) is -3.18. The Morgan fingerprint density at radius 3 is 2.38 bits per heavy atom. The number of rotatable bonds is 7. The Balaban J connectivity index is 1.47. The highest BCUT2D eigenvalue weighted by molar-refractivity contribution is 7.88. The molecule has 0 radical (unpaired) electrons. The van der Waals surface area contributed by atoms with Gasteiger partial charge in [0.1, 0.15) is 0 Å². The third kappa shape index (κ3) is 5.14. The molecule has 0 saturated heterocycles. The third-order valence-electron chi connectivity index (χ3n) is 4.34. The average molecular weight is 373 g/mol. The zero-order valence-electron chi connectivity index (χ0n) is 14.7. The van der Waals surface area contributed by atoms with Crippen LogP contribution < -0.4 is 15.4 Å². The minimum absolute atomic E-state index is 0.0126. The van der Waals surface area contributed by atoms with Crippen LogP contribution >= 0.6 is 0 Å². The molecule has 1 amide bonds. The van der Waals surface area contributed by atoms with Gasteiger partial charge in [0, 0.05) is 31.2 Å². The summed E-state index contributed by atoms with van der Waals surface area (Å²) in [6.45, 7) is 1.67. The molecule has 26 heavy (non-hydrogen) atoms. The van der Waals surface area contributed by atoms with E-state index in [1.807, 2.05) is 48.5 Å². The van der Waals surface area contributed by atoms with E-state index in [1.54, 1.807) is 0 Å². The molecule has 1 aliphatic rings. The Morgan fingerprint density at radius 1 is 1.04 bits per heavy atom. The number of carbonyl (C=O) groups excluding carboxylic acids is 1. The molecule has 1 aliphatic heterocycles. The Hall–Kier alpha value is -2.22. The molecule has 3 rings (SSSR count). The first-order valence-electron chi connectivity index (χ1n) is 8.53. The first kappa shape index (κ1) is 18.6. The summed E-state index contributed by atoms with van der Waals surface area (Å²) >= 11 is 0. The van der Waals surface area contributed by atoms with Crippen molar-refractivity contribution in [1.29, 1.82) is 0 Å². The maximum absolute atomic E-state index is 12.1. The Labute approximate surface area is 154 Å². The molecular weight excluding hydrogens is 350 g/mol. The molecule has 1 unspecified atom stereocenters. The van der Waals surface area contributed by atoms with Gasteiger partial charge >= 0.3 is 0 Å². The smallest absolute Gasteiger partial charge is 0.251 e. The lowest BCUT2D eigenvalue weighted by Crippen LogP contribution is -2.46. The van der Waals surface area contributed by atoms with Crippen LogP contribution in [0.4, 0.5) is 0 Å². The molecule has 138 valence electrons. The molecule has 0 aromatic heterocycles. The van der Waals surface area contributed by atoms with Gasteiger partial charge in [-0.05, 0) is 29.2 Å². The summed E-state index contributed by atoms with van der Waals surface area (Å²) in [5.41, 5.74) is 3.87. The summed E-state index contributed by atoms with van der Waals surface area (Å²) in [4.78, 5) is 12.1. The first-order valence-corrected chi connectivity index (χ1v) is 10.4. The molecule has 1 heterocycles. The van der Waals surface area contributed by atoms with Crippen LogP contribution in [0.15, 0.2) is 48.5 Å². The van der Waals surface area contributed by atoms with Crippen LogP contribution in [0.2, 0.25) is 0 Å². The second-order valence-electron chi connectivity index (χ2n) is 6.57. The normalized spacial score (nSPS) is 16.8. The van der Waals surface area contributed by atoms with Crippen LogP contribution in [0.1, 0.15) is 27.0 Å². The van der Waals surface area contributed by atoms with Crippen LogP contribution in [0.3, 0.4) is 0 Å². The van der Waals surface area contributed by atoms with Crippen molar-refractivity contribution in [2.75, 3.05) is 12.8 Å². The molecule has 0 bridgehead atoms. The van der Waals surface area contributed by atoms with Crippen LogP contribution in [-0.2, 0) is 29.5 Å². The lowest BCUT2D eigenvalue weighted by Gasteiger charge is -2.25. The Bertz CT molecular complexity index is 879. The monoisotopic (exact) mass is 373 g/mol. The fraction of sp³-hybridized carbons (Fsp3) is 0.316. The average Bonchev–Trinajstić information content (AvgIpc) is 2.60. The Morgan fingerprint density at radius 2 is 1.69 bits per heavy atom. The van der Waals surface area contributed by atoms with Gasteiger partial charge < -0.3 is 10.6 Å². The second-order valence-corrected chi connectivity index (χ2v) is 8.41. The number of fused-ring (bicyclic) bond motifs is 1. The van der Waals surface area contributed by atoms with Gasteiger partial charge in [-0.3, -0.25) is 4.79 Å². The largest absolute Gasteiger partial charge is 0.348 e. The molecule has 7 heteroatoms. The van der Waals surface area contributed by atoms with E-state index >= 15 is 0 Å². The number of carbonyl (C=O) groups is 1. The van der Waals surface area contributed by atoms with E-state index in [0.29, 0.717) is 19.6 Å². The van der Waals surface area contributed by atoms with E-state index in [2.05, 4.69) is 15.4 Å². The first-order chi connectivity index (χ1) is 12.4. The summed E-state index contributed by atoms with van der Waals surface area (Å²) in [5, 5.41) is 6.40. The maximum Gasteiger partial charge on any atom is 0.251 e. The van der Waals surface area contributed by atoms with Crippen molar-refractivity contribution in [3.8, 4) is 0 Å². The fourth-order valence-electron chi connectivity index (χ4n) is 3.00. The molecule has 0 aliphatic carbocycles. The van der Waals surface area contributed by atoms with E-state index in [4.69, 9.17) is 0 Å². The standard InChI is InChI=1S/C19H23N3O3S/c1-26(24,25)21-12-15-8-6-14(7-9-15)11-20-13-17-10-16-4-2-3-5-18(16)19(23)22-17/h2-9,17,20-21H,10-13H2,1H3,(H,22,23). The predicted molar refractivity (Wildman–Crippen MR) is 101 cm³/mol. The van der Waals surface area contributed by atoms with Gasteiger partial charge in [-0.1, -0.05) is 42.5 Å². The number of amides is 1. The van der Waals surface area contributed by atoms with E-state index in [9.17, 15) is 13.2 Å². The van der Waals surface area contributed by atoms with Crippen molar-refractivity contribution in [2.45, 2.75) is 25.6 Å². The van der Waals surface area contributed by atoms with Crippen molar-refractivity contribution in [3.63, 3.8) is 0 Å². The van der Waals surface area contributed by atoms with Gasteiger partial charge in [-0.15, -0.1) is 0 Å². The molecule has 3 N–H and O–H groups in total. The van der Waals surface area contributed by atoms with E-state index in [1.165, 1.54) is 0 Å². The molecular formula is C19H23N3O3S. The van der Waals surface area contributed by atoms with Gasteiger partial charge in [0.05, 0.1) is 6.26 Å². The minimum Gasteiger partial charge on any atom is -0.348 e. The van der Waals surface area contributed by atoms with Crippen molar-refractivity contribution in [3.05, 3.63) is 70.8 Å². The molecule has 2 aromatic carbocycles. The number of nitrogens with one attached hydrogen (secondary N) is 3. The van der Waals surface area contributed by atoms with Crippen molar-refractivity contribution < 1.29 is 13.2 Å². The lowest BCUT2D eigenvalue weighted by atomic mass is 9.95.